The number of likely N-dealkylation sites (tertiary alicyclic amines) is 1. The molecule has 0 aliphatic carbocycles. The van der Waals surface area contributed by atoms with Crippen molar-refractivity contribution in [3.8, 4) is 5.69 Å². The zero-order valence-electron chi connectivity index (χ0n) is 20.3. The van der Waals surface area contributed by atoms with Gasteiger partial charge in [0.15, 0.2) is 5.65 Å². The van der Waals surface area contributed by atoms with E-state index in [1.54, 1.807) is 13.1 Å². The summed E-state index contributed by atoms with van der Waals surface area (Å²) in [4.78, 5) is 43.2. The van der Waals surface area contributed by atoms with Crippen molar-refractivity contribution in [2.24, 2.45) is 0 Å². The Bertz CT molecular complexity index is 1410. The number of carbonyl (C=O) groups excluding carboxylic acids is 1. The number of carbonyl (C=O) groups is 1. The molecule has 0 N–H and O–H groups in total. The zero-order valence-corrected chi connectivity index (χ0v) is 20.3. The number of amides is 1. The van der Waals surface area contributed by atoms with Crippen LogP contribution in [0.1, 0.15) is 43.1 Å². The van der Waals surface area contributed by atoms with Crippen molar-refractivity contribution in [1.29, 1.82) is 0 Å². The summed E-state index contributed by atoms with van der Waals surface area (Å²) < 4.78 is 16.2. The van der Waals surface area contributed by atoms with Gasteiger partial charge in [-0.1, -0.05) is 13.5 Å². The molecule has 0 saturated carbocycles. The van der Waals surface area contributed by atoms with E-state index in [-0.39, 0.29) is 17.6 Å². The summed E-state index contributed by atoms with van der Waals surface area (Å²) in [7, 11) is 0. The van der Waals surface area contributed by atoms with Gasteiger partial charge in [0.05, 0.1) is 22.5 Å². The minimum absolute atomic E-state index is 0.0370. The Morgan fingerprint density at radius 3 is 2.54 bits per heavy atom. The number of halogens is 1. The zero-order chi connectivity index (χ0) is 24.9. The van der Waals surface area contributed by atoms with E-state index in [4.69, 9.17) is 0 Å². The van der Waals surface area contributed by atoms with Crippen molar-refractivity contribution >= 4 is 22.8 Å². The third-order valence-corrected chi connectivity index (χ3v) is 7.16. The van der Waals surface area contributed by atoms with Gasteiger partial charge in [0.25, 0.3) is 0 Å². The summed E-state index contributed by atoms with van der Waals surface area (Å²) in [6, 6.07) is 3.40. The minimum Gasteiger partial charge on any atom is -0.356 e. The summed E-state index contributed by atoms with van der Waals surface area (Å²) in [6.07, 6.45) is 4.54. The van der Waals surface area contributed by atoms with Gasteiger partial charge in [0, 0.05) is 37.4 Å². The van der Waals surface area contributed by atoms with Crippen LogP contribution in [0.3, 0.4) is 0 Å². The lowest BCUT2D eigenvalue weighted by Crippen LogP contribution is -2.46. The van der Waals surface area contributed by atoms with Crippen LogP contribution < -0.4 is 10.6 Å². The molecule has 0 aromatic carbocycles. The van der Waals surface area contributed by atoms with Crippen LogP contribution in [0.2, 0.25) is 0 Å². The molecule has 0 unspecified atom stereocenters. The van der Waals surface area contributed by atoms with Crippen LogP contribution in [0.25, 0.3) is 16.7 Å². The number of aromatic nitrogens is 4. The summed E-state index contributed by atoms with van der Waals surface area (Å²) >= 11 is 0. The molecular formula is C26H29FN6O2. The van der Waals surface area contributed by atoms with Crippen LogP contribution in [-0.2, 0) is 11.2 Å². The van der Waals surface area contributed by atoms with Crippen molar-refractivity contribution in [2.45, 2.75) is 52.5 Å². The number of pyridine rings is 2. The van der Waals surface area contributed by atoms with Gasteiger partial charge in [-0.05, 0) is 57.2 Å². The topological polar surface area (TPSA) is 84.2 Å². The second-order valence-electron chi connectivity index (χ2n) is 9.33. The lowest BCUT2D eigenvalue weighted by Gasteiger charge is -2.37. The van der Waals surface area contributed by atoms with Gasteiger partial charge in [0.2, 0.25) is 5.91 Å². The number of piperidine rings is 1. The van der Waals surface area contributed by atoms with E-state index in [1.165, 1.54) is 10.6 Å². The van der Waals surface area contributed by atoms with Crippen LogP contribution >= 0.6 is 0 Å². The van der Waals surface area contributed by atoms with Crippen LogP contribution in [0.15, 0.2) is 35.3 Å². The van der Waals surface area contributed by atoms with E-state index in [0.717, 1.165) is 24.1 Å². The van der Waals surface area contributed by atoms with Crippen molar-refractivity contribution < 1.29 is 9.18 Å². The molecule has 1 amide bonds. The summed E-state index contributed by atoms with van der Waals surface area (Å²) in [6.45, 7) is 11.3. The largest absolute Gasteiger partial charge is 0.356 e. The maximum absolute atomic E-state index is 14.7. The fraction of sp³-hybridized carbons (Fsp3) is 0.423. The van der Waals surface area contributed by atoms with E-state index >= 15 is 0 Å². The van der Waals surface area contributed by atoms with Gasteiger partial charge in [-0.25, -0.2) is 18.7 Å². The quantitative estimate of drug-likeness (QED) is 0.538. The predicted octanol–water partition coefficient (Wildman–Crippen LogP) is 3.25. The molecule has 2 saturated heterocycles. The highest BCUT2D eigenvalue weighted by molar-refractivity contribution is 5.95. The fourth-order valence-electron chi connectivity index (χ4n) is 5.21. The average molecular weight is 477 g/mol. The van der Waals surface area contributed by atoms with E-state index in [2.05, 4.69) is 21.5 Å². The van der Waals surface area contributed by atoms with Crippen LogP contribution in [-0.4, -0.2) is 56.0 Å². The van der Waals surface area contributed by atoms with E-state index < -0.39 is 11.5 Å². The Labute approximate surface area is 203 Å². The second kappa shape index (κ2) is 8.87. The number of fused-ring (bicyclic) bond motifs is 1. The third-order valence-electron chi connectivity index (χ3n) is 7.16. The number of aryl methyl sites for hydroxylation is 3. The molecule has 5 heterocycles. The molecule has 35 heavy (non-hydrogen) atoms. The predicted molar refractivity (Wildman–Crippen MR) is 132 cm³/mol. The molecule has 2 aliphatic heterocycles. The molecule has 0 spiro atoms. The van der Waals surface area contributed by atoms with Gasteiger partial charge >= 0.3 is 5.69 Å². The van der Waals surface area contributed by atoms with E-state index in [0.29, 0.717) is 60.6 Å². The highest BCUT2D eigenvalue weighted by atomic mass is 19.1. The lowest BCUT2D eigenvalue weighted by atomic mass is 10.0. The number of nitrogens with zero attached hydrogens (tertiary/aromatic N) is 6. The molecule has 3 aromatic rings. The highest BCUT2D eigenvalue weighted by Gasteiger charge is 2.34. The number of hydrogen-bond donors (Lipinski definition) is 0. The van der Waals surface area contributed by atoms with E-state index in [1.807, 2.05) is 29.7 Å². The number of anilines is 1. The summed E-state index contributed by atoms with van der Waals surface area (Å²) in [5, 5.41) is 0.488. The average Bonchev–Trinajstić information content (AvgIpc) is 3.18. The lowest BCUT2D eigenvalue weighted by molar-refractivity contribution is -0.127. The first-order chi connectivity index (χ1) is 16.8. The van der Waals surface area contributed by atoms with Gasteiger partial charge in [-0.2, -0.15) is 4.98 Å². The van der Waals surface area contributed by atoms with Crippen molar-refractivity contribution in [3.05, 3.63) is 63.7 Å². The molecule has 0 bridgehead atoms. The standard InChI is InChI=1S/C26H29FN6O2/c1-5-21-22(15(2)6-10-28-21)33-24-19(14-20(27)17(4)29-24)23(30-26(33)35)31-11-8-18(9-12-31)32-13-7-16(3)25(32)34/h6,10,14,18H,3,5,7-9,11-13H2,1-2,4H3. The Hall–Kier alpha value is -3.62. The van der Waals surface area contributed by atoms with Crippen molar-refractivity contribution in [2.75, 3.05) is 24.5 Å². The molecule has 2 fully saturated rings. The molecule has 0 atom stereocenters. The molecular weight excluding hydrogens is 447 g/mol. The van der Waals surface area contributed by atoms with Gasteiger partial charge in [0.1, 0.15) is 11.6 Å². The summed E-state index contributed by atoms with van der Waals surface area (Å²) in [5.74, 6) is 0.0261. The molecule has 2 aliphatic rings. The molecule has 0 radical (unpaired) electrons. The fourth-order valence-corrected chi connectivity index (χ4v) is 5.21. The SMILES string of the molecule is C=C1CCN(C2CCN(c3nc(=O)n(-c4c(C)ccnc4CC)c4nc(C)c(F)cc34)CC2)C1=O. The van der Waals surface area contributed by atoms with Crippen LogP contribution in [0.4, 0.5) is 10.2 Å². The summed E-state index contributed by atoms with van der Waals surface area (Å²) in [5.41, 5.74) is 3.06. The molecule has 182 valence electrons. The van der Waals surface area contributed by atoms with E-state index in [9.17, 15) is 14.0 Å². The normalized spacial score (nSPS) is 17.1. The first kappa shape index (κ1) is 23.1. The number of rotatable bonds is 4. The van der Waals surface area contributed by atoms with Crippen molar-refractivity contribution in [1.82, 2.24) is 24.4 Å². The van der Waals surface area contributed by atoms with Crippen LogP contribution in [0, 0.1) is 19.7 Å². The molecule has 5 rings (SSSR count). The first-order valence-electron chi connectivity index (χ1n) is 12.1. The third kappa shape index (κ3) is 3.88. The Morgan fingerprint density at radius 2 is 1.89 bits per heavy atom. The monoisotopic (exact) mass is 476 g/mol. The smallest absolute Gasteiger partial charge is 0.355 e. The van der Waals surface area contributed by atoms with Crippen LogP contribution in [0.5, 0.6) is 0 Å². The maximum Gasteiger partial charge on any atom is 0.355 e. The van der Waals surface area contributed by atoms with Gasteiger partial charge in [-0.3, -0.25) is 9.78 Å². The molecule has 8 nitrogen and oxygen atoms in total. The highest BCUT2D eigenvalue weighted by Crippen LogP contribution is 2.31. The second-order valence-corrected chi connectivity index (χ2v) is 9.33. The van der Waals surface area contributed by atoms with Gasteiger partial charge < -0.3 is 9.80 Å². The number of hydrogen-bond acceptors (Lipinski definition) is 6. The minimum atomic E-state index is -0.468. The Kier molecular flexibility index (Phi) is 5.86. The Morgan fingerprint density at radius 1 is 1.14 bits per heavy atom. The van der Waals surface area contributed by atoms with Gasteiger partial charge in [-0.15, -0.1) is 0 Å². The molecule has 9 heteroatoms. The molecule has 3 aromatic heterocycles. The maximum atomic E-state index is 14.7. The van der Waals surface area contributed by atoms with Crippen molar-refractivity contribution in [3.63, 3.8) is 0 Å². The first-order valence-corrected chi connectivity index (χ1v) is 12.1. The Balaban J connectivity index is 1.58.